The SMILES string of the molecule is Cc1nc([N+](=O)[O-])n(C)c1-c1cn[nH]n1. The van der Waals surface area contributed by atoms with Gasteiger partial charge in [-0.1, -0.05) is 4.98 Å². The van der Waals surface area contributed by atoms with Crippen LogP contribution in [0.1, 0.15) is 5.69 Å². The average Bonchev–Trinajstić information content (AvgIpc) is 2.73. The zero-order chi connectivity index (χ0) is 11.0. The monoisotopic (exact) mass is 208 g/mol. The maximum absolute atomic E-state index is 10.6. The summed E-state index contributed by atoms with van der Waals surface area (Å²) < 4.78 is 1.38. The number of aryl methyl sites for hydroxylation is 1. The summed E-state index contributed by atoms with van der Waals surface area (Å²) in [7, 11) is 1.57. The third kappa shape index (κ3) is 1.35. The van der Waals surface area contributed by atoms with E-state index in [2.05, 4.69) is 20.4 Å². The van der Waals surface area contributed by atoms with Gasteiger partial charge in [-0.05, 0) is 11.8 Å². The predicted molar refractivity (Wildman–Crippen MR) is 50.0 cm³/mol. The van der Waals surface area contributed by atoms with Crippen molar-refractivity contribution >= 4 is 5.95 Å². The molecule has 1 N–H and O–H groups in total. The molecule has 0 aliphatic heterocycles. The van der Waals surface area contributed by atoms with E-state index in [9.17, 15) is 10.1 Å². The molecule has 0 atom stereocenters. The van der Waals surface area contributed by atoms with Crippen LogP contribution >= 0.6 is 0 Å². The zero-order valence-electron chi connectivity index (χ0n) is 8.13. The highest BCUT2D eigenvalue weighted by Gasteiger charge is 2.24. The second-order valence-electron chi connectivity index (χ2n) is 3.02. The molecule has 78 valence electrons. The van der Waals surface area contributed by atoms with Crippen molar-refractivity contribution in [1.82, 2.24) is 25.0 Å². The van der Waals surface area contributed by atoms with E-state index in [-0.39, 0.29) is 5.95 Å². The lowest BCUT2D eigenvalue weighted by molar-refractivity contribution is -0.396. The van der Waals surface area contributed by atoms with Gasteiger partial charge >= 0.3 is 5.95 Å². The lowest BCUT2D eigenvalue weighted by Crippen LogP contribution is -1.99. The Morgan fingerprint density at radius 2 is 2.33 bits per heavy atom. The molecule has 2 rings (SSSR count). The summed E-state index contributed by atoms with van der Waals surface area (Å²) in [6.07, 6.45) is 1.49. The van der Waals surface area contributed by atoms with Crippen molar-refractivity contribution in [2.24, 2.45) is 7.05 Å². The van der Waals surface area contributed by atoms with Crippen LogP contribution < -0.4 is 0 Å². The summed E-state index contributed by atoms with van der Waals surface area (Å²) in [4.78, 5) is 14.0. The maximum Gasteiger partial charge on any atom is 0.435 e. The molecule has 0 saturated heterocycles. The van der Waals surface area contributed by atoms with Gasteiger partial charge in [0.1, 0.15) is 5.69 Å². The molecule has 8 heteroatoms. The fourth-order valence-corrected chi connectivity index (χ4v) is 1.46. The fourth-order valence-electron chi connectivity index (χ4n) is 1.46. The molecule has 15 heavy (non-hydrogen) atoms. The minimum atomic E-state index is -0.531. The lowest BCUT2D eigenvalue weighted by Gasteiger charge is -1.95. The van der Waals surface area contributed by atoms with Gasteiger partial charge in [-0.25, -0.2) is 4.57 Å². The van der Waals surface area contributed by atoms with Crippen molar-refractivity contribution in [3.05, 3.63) is 22.0 Å². The number of nitrogens with zero attached hydrogens (tertiary/aromatic N) is 5. The molecule has 0 aliphatic carbocycles. The fraction of sp³-hybridized carbons (Fsp3) is 0.286. The van der Waals surface area contributed by atoms with E-state index >= 15 is 0 Å². The third-order valence-electron chi connectivity index (χ3n) is 2.07. The second kappa shape index (κ2) is 3.15. The van der Waals surface area contributed by atoms with Crippen molar-refractivity contribution in [2.45, 2.75) is 6.92 Å². The Morgan fingerprint density at radius 1 is 1.60 bits per heavy atom. The number of nitrogens with one attached hydrogen (secondary N) is 1. The molecule has 0 aromatic carbocycles. The first-order valence-corrected chi connectivity index (χ1v) is 4.15. The van der Waals surface area contributed by atoms with E-state index in [0.717, 1.165) is 0 Å². The van der Waals surface area contributed by atoms with Crippen LogP contribution in [-0.4, -0.2) is 29.9 Å². The predicted octanol–water partition coefficient (Wildman–Crippen LogP) is 0.422. The van der Waals surface area contributed by atoms with Crippen LogP contribution in [0.25, 0.3) is 11.4 Å². The van der Waals surface area contributed by atoms with Crippen molar-refractivity contribution in [3.8, 4) is 11.4 Å². The number of aromatic amines is 1. The Labute approximate surface area is 84.1 Å². The number of imidazole rings is 1. The first-order valence-electron chi connectivity index (χ1n) is 4.15. The molecule has 0 aliphatic rings. The third-order valence-corrected chi connectivity index (χ3v) is 2.07. The summed E-state index contributed by atoms with van der Waals surface area (Å²) in [6, 6.07) is 0. The normalized spacial score (nSPS) is 10.5. The van der Waals surface area contributed by atoms with Gasteiger partial charge in [0.25, 0.3) is 0 Å². The molecule has 0 amide bonds. The number of hydrogen-bond donors (Lipinski definition) is 1. The molecular formula is C7H8N6O2. The van der Waals surface area contributed by atoms with Gasteiger partial charge in [-0.2, -0.15) is 15.4 Å². The van der Waals surface area contributed by atoms with E-state index in [0.29, 0.717) is 17.1 Å². The van der Waals surface area contributed by atoms with Crippen LogP contribution in [0.3, 0.4) is 0 Å². The van der Waals surface area contributed by atoms with Crippen molar-refractivity contribution in [3.63, 3.8) is 0 Å². The number of aromatic nitrogens is 5. The van der Waals surface area contributed by atoms with Crippen LogP contribution in [0, 0.1) is 17.0 Å². The van der Waals surface area contributed by atoms with Crippen LogP contribution in [0.2, 0.25) is 0 Å². The Bertz CT molecular complexity index is 500. The Morgan fingerprint density at radius 3 is 2.80 bits per heavy atom. The van der Waals surface area contributed by atoms with E-state index in [1.807, 2.05) is 0 Å². The largest absolute Gasteiger partial charge is 0.435 e. The molecule has 2 heterocycles. The van der Waals surface area contributed by atoms with Gasteiger partial charge in [0.2, 0.25) is 0 Å². The van der Waals surface area contributed by atoms with Gasteiger partial charge in [-0.3, -0.25) is 0 Å². The van der Waals surface area contributed by atoms with E-state index < -0.39 is 4.92 Å². The molecule has 0 bridgehead atoms. The molecule has 8 nitrogen and oxygen atoms in total. The quantitative estimate of drug-likeness (QED) is 0.569. The zero-order valence-corrected chi connectivity index (χ0v) is 8.13. The van der Waals surface area contributed by atoms with E-state index in [4.69, 9.17) is 0 Å². The highest BCUT2D eigenvalue weighted by molar-refractivity contribution is 5.58. The molecule has 0 fully saturated rings. The molecule has 0 radical (unpaired) electrons. The van der Waals surface area contributed by atoms with Gasteiger partial charge in [0, 0.05) is 0 Å². The van der Waals surface area contributed by atoms with E-state index in [1.165, 1.54) is 10.8 Å². The van der Waals surface area contributed by atoms with Gasteiger partial charge in [0.05, 0.1) is 13.2 Å². The summed E-state index contributed by atoms with van der Waals surface area (Å²) in [6.45, 7) is 1.69. The Hall–Kier alpha value is -2.25. The molecule has 2 aromatic rings. The lowest BCUT2D eigenvalue weighted by atomic mass is 10.3. The second-order valence-corrected chi connectivity index (χ2v) is 3.02. The van der Waals surface area contributed by atoms with Gasteiger partial charge < -0.3 is 10.1 Å². The van der Waals surface area contributed by atoms with E-state index in [1.54, 1.807) is 14.0 Å². The minimum Gasteiger partial charge on any atom is -0.390 e. The molecular weight excluding hydrogens is 200 g/mol. The smallest absolute Gasteiger partial charge is 0.390 e. The number of rotatable bonds is 2. The van der Waals surface area contributed by atoms with Crippen molar-refractivity contribution in [1.29, 1.82) is 0 Å². The van der Waals surface area contributed by atoms with Crippen molar-refractivity contribution < 1.29 is 4.92 Å². The highest BCUT2D eigenvalue weighted by Crippen LogP contribution is 2.24. The van der Waals surface area contributed by atoms with Gasteiger partial charge in [0.15, 0.2) is 11.4 Å². The van der Waals surface area contributed by atoms with Crippen LogP contribution in [-0.2, 0) is 7.05 Å². The van der Waals surface area contributed by atoms with Crippen LogP contribution in [0.15, 0.2) is 6.20 Å². The minimum absolute atomic E-state index is 0.203. The molecule has 0 unspecified atom stereocenters. The molecule has 2 aromatic heterocycles. The summed E-state index contributed by atoms with van der Waals surface area (Å²) in [5.74, 6) is -0.203. The maximum atomic E-state index is 10.6. The topological polar surface area (TPSA) is 103 Å². The summed E-state index contributed by atoms with van der Waals surface area (Å²) >= 11 is 0. The highest BCUT2D eigenvalue weighted by atomic mass is 16.6. The number of H-pyrrole nitrogens is 1. The summed E-state index contributed by atoms with van der Waals surface area (Å²) in [5.41, 5.74) is 1.68. The number of hydrogen-bond acceptors (Lipinski definition) is 5. The summed E-state index contributed by atoms with van der Waals surface area (Å²) in [5, 5.41) is 20.6. The van der Waals surface area contributed by atoms with Crippen molar-refractivity contribution in [2.75, 3.05) is 0 Å². The van der Waals surface area contributed by atoms with Crippen LogP contribution in [0.4, 0.5) is 5.95 Å². The van der Waals surface area contributed by atoms with Crippen LogP contribution in [0.5, 0.6) is 0 Å². The number of nitro groups is 1. The first kappa shape index (κ1) is 9.31. The van der Waals surface area contributed by atoms with Gasteiger partial charge in [-0.15, -0.1) is 0 Å². The Balaban J connectivity index is 2.63. The first-order chi connectivity index (χ1) is 7.11. The Kier molecular flexibility index (Phi) is 1.96. The molecule has 0 spiro atoms. The molecule has 0 saturated carbocycles. The average molecular weight is 208 g/mol. The standard InChI is InChI=1S/C7H8N6O2/c1-4-6(5-3-8-11-10-5)12(2)7(9-4)13(14)15/h3H,1-2H3,(H,8,10,11).